The van der Waals surface area contributed by atoms with Crippen LogP contribution in [0.5, 0.6) is 0 Å². The predicted octanol–water partition coefficient (Wildman–Crippen LogP) is 2.29. The van der Waals surface area contributed by atoms with Crippen molar-refractivity contribution in [3.63, 3.8) is 0 Å². The fourth-order valence-corrected chi connectivity index (χ4v) is 2.91. The fraction of sp³-hybridized carbons (Fsp3) is 0.533. The highest BCUT2D eigenvalue weighted by atomic mass is 15.3. The molecule has 0 aliphatic heterocycles. The first-order valence-corrected chi connectivity index (χ1v) is 7.34. The van der Waals surface area contributed by atoms with Gasteiger partial charge >= 0.3 is 0 Å². The van der Waals surface area contributed by atoms with E-state index in [-0.39, 0.29) is 6.04 Å². The van der Waals surface area contributed by atoms with Gasteiger partial charge < -0.3 is 5.32 Å². The Morgan fingerprint density at radius 3 is 2.90 bits per heavy atom. The third-order valence-electron chi connectivity index (χ3n) is 4.06. The van der Waals surface area contributed by atoms with Crippen LogP contribution in [0, 0.1) is 0 Å². The van der Waals surface area contributed by atoms with Crippen molar-refractivity contribution >= 4 is 0 Å². The summed E-state index contributed by atoms with van der Waals surface area (Å²) in [5, 5.41) is 8.03. The van der Waals surface area contributed by atoms with Gasteiger partial charge in [0.25, 0.3) is 0 Å². The molecule has 0 saturated heterocycles. The quantitative estimate of drug-likeness (QED) is 0.906. The molecule has 0 amide bonds. The number of likely N-dealkylation sites (N-methyl/N-ethyl adjacent to an activating group) is 1. The molecular weight excluding hydrogens is 250 g/mol. The number of aromatic nitrogens is 4. The zero-order valence-electron chi connectivity index (χ0n) is 11.9. The number of hydrogen-bond acceptors (Lipinski definition) is 4. The molecule has 1 aliphatic rings. The third-order valence-corrected chi connectivity index (χ3v) is 4.06. The van der Waals surface area contributed by atoms with E-state index in [1.807, 2.05) is 13.2 Å². The van der Waals surface area contributed by atoms with Gasteiger partial charge in [-0.2, -0.15) is 5.10 Å². The van der Waals surface area contributed by atoms with Crippen molar-refractivity contribution in [2.75, 3.05) is 7.05 Å². The molecule has 2 aromatic heterocycles. The Bertz CT molecular complexity index is 530. The van der Waals surface area contributed by atoms with Gasteiger partial charge in [0.05, 0.1) is 23.5 Å². The summed E-state index contributed by atoms with van der Waals surface area (Å²) in [6.07, 6.45) is 13.4. The van der Waals surface area contributed by atoms with Crippen molar-refractivity contribution in [3.05, 3.63) is 42.2 Å². The van der Waals surface area contributed by atoms with Crippen LogP contribution >= 0.6 is 0 Å². The Labute approximate surface area is 119 Å². The Morgan fingerprint density at radius 2 is 2.20 bits per heavy atom. The predicted molar refractivity (Wildman–Crippen MR) is 77.3 cm³/mol. The summed E-state index contributed by atoms with van der Waals surface area (Å²) < 4.78 is 2.14. The Hall–Kier alpha value is -1.75. The first kappa shape index (κ1) is 13.2. The van der Waals surface area contributed by atoms with Crippen LogP contribution in [0.25, 0.3) is 0 Å². The maximum atomic E-state index is 4.73. The second-order valence-electron chi connectivity index (χ2n) is 5.40. The van der Waals surface area contributed by atoms with Crippen molar-refractivity contribution in [1.29, 1.82) is 0 Å². The van der Waals surface area contributed by atoms with Crippen molar-refractivity contribution in [3.8, 4) is 0 Å². The Balaban J connectivity index is 1.70. The van der Waals surface area contributed by atoms with E-state index in [2.05, 4.69) is 32.2 Å². The van der Waals surface area contributed by atoms with Gasteiger partial charge in [-0.1, -0.05) is 12.8 Å². The van der Waals surface area contributed by atoms with Gasteiger partial charge in [-0.05, 0) is 26.0 Å². The van der Waals surface area contributed by atoms with E-state index in [1.165, 1.54) is 25.7 Å². The molecule has 1 atom stereocenters. The molecule has 106 valence electrons. The van der Waals surface area contributed by atoms with Crippen LogP contribution in [-0.2, 0) is 6.42 Å². The average molecular weight is 271 g/mol. The lowest BCUT2D eigenvalue weighted by Crippen LogP contribution is -2.20. The largest absolute Gasteiger partial charge is 0.311 e. The van der Waals surface area contributed by atoms with Crippen LogP contribution in [0.3, 0.4) is 0 Å². The molecule has 0 radical (unpaired) electrons. The van der Waals surface area contributed by atoms with Gasteiger partial charge in [0, 0.05) is 31.2 Å². The second-order valence-corrected chi connectivity index (χ2v) is 5.40. The van der Waals surface area contributed by atoms with Crippen LogP contribution in [0.15, 0.2) is 30.9 Å². The van der Waals surface area contributed by atoms with E-state index in [0.717, 1.165) is 17.8 Å². The van der Waals surface area contributed by atoms with E-state index in [4.69, 9.17) is 5.10 Å². The van der Waals surface area contributed by atoms with Gasteiger partial charge in [0.15, 0.2) is 0 Å². The zero-order valence-corrected chi connectivity index (χ0v) is 11.9. The summed E-state index contributed by atoms with van der Waals surface area (Å²) in [6.45, 7) is 0. The zero-order chi connectivity index (χ0) is 13.8. The average Bonchev–Trinajstić information content (AvgIpc) is 3.16. The van der Waals surface area contributed by atoms with Crippen molar-refractivity contribution < 1.29 is 0 Å². The van der Waals surface area contributed by atoms with E-state index < -0.39 is 0 Å². The Kier molecular flexibility index (Phi) is 4.06. The van der Waals surface area contributed by atoms with Crippen molar-refractivity contribution in [2.45, 2.75) is 44.2 Å². The fourth-order valence-electron chi connectivity index (χ4n) is 2.91. The number of hydrogen-bond donors (Lipinski definition) is 1. The molecule has 1 unspecified atom stereocenters. The molecule has 2 heterocycles. The van der Waals surface area contributed by atoms with Gasteiger partial charge in [-0.25, -0.2) is 0 Å². The highest BCUT2D eigenvalue weighted by Gasteiger charge is 2.19. The van der Waals surface area contributed by atoms with Gasteiger partial charge in [0.2, 0.25) is 0 Å². The molecule has 5 nitrogen and oxygen atoms in total. The van der Waals surface area contributed by atoms with Crippen molar-refractivity contribution in [1.82, 2.24) is 25.1 Å². The minimum Gasteiger partial charge on any atom is -0.311 e. The molecule has 0 spiro atoms. The highest BCUT2D eigenvalue weighted by molar-refractivity contribution is 5.09. The topological polar surface area (TPSA) is 55.6 Å². The highest BCUT2D eigenvalue weighted by Crippen LogP contribution is 2.29. The lowest BCUT2D eigenvalue weighted by atomic mass is 10.1. The summed E-state index contributed by atoms with van der Waals surface area (Å²) >= 11 is 0. The molecule has 1 N–H and O–H groups in total. The van der Waals surface area contributed by atoms with Crippen LogP contribution in [0.4, 0.5) is 0 Å². The van der Waals surface area contributed by atoms with Crippen LogP contribution in [0.1, 0.15) is 49.2 Å². The first-order valence-electron chi connectivity index (χ1n) is 7.34. The van der Waals surface area contributed by atoms with Crippen LogP contribution < -0.4 is 5.32 Å². The lowest BCUT2D eigenvalue weighted by molar-refractivity contribution is 0.458. The van der Waals surface area contributed by atoms with E-state index in [0.29, 0.717) is 6.04 Å². The van der Waals surface area contributed by atoms with Crippen LogP contribution in [0.2, 0.25) is 0 Å². The molecule has 1 saturated carbocycles. The molecule has 5 heteroatoms. The SMILES string of the molecule is CNC(Cc1ccn(C2CCCC2)n1)c1cnccn1. The second kappa shape index (κ2) is 6.13. The van der Waals surface area contributed by atoms with Gasteiger partial charge in [-0.3, -0.25) is 14.6 Å². The minimum absolute atomic E-state index is 0.163. The summed E-state index contributed by atoms with van der Waals surface area (Å²) in [5.74, 6) is 0. The van der Waals surface area contributed by atoms with Gasteiger partial charge in [-0.15, -0.1) is 0 Å². The summed E-state index contributed by atoms with van der Waals surface area (Å²) in [4.78, 5) is 8.51. The third kappa shape index (κ3) is 2.88. The standard InChI is InChI=1S/C15H21N5/c1-16-14(15-11-17-7-8-18-15)10-12-6-9-20(19-12)13-4-2-3-5-13/h6-9,11,13-14,16H,2-5,10H2,1H3. The number of nitrogens with zero attached hydrogens (tertiary/aromatic N) is 4. The number of rotatable bonds is 5. The monoisotopic (exact) mass is 271 g/mol. The molecule has 20 heavy (non-hydrogen) atoms. The van der Waals surface area contributed by atoms with Crippen LogP contribution in [-0.4, -0.2) is 26.8 Å². The maximum Gasteiger partial charge on any atom is 0.0759 e. The molecule has 1 aliphatic carbocycles. The van der Waals surface area contributed by atoms with E-state index >= 15 is 0 Å². The van der Waals surface area contributed by atoms with E-state index in [1.54, 1.807) is 12.4 Å². The molecule has 3 rings (SSSR count). The lowest BCUT2D eigenvalue weighted by Gasteiger charge is -2.14. The van der Waals surface area contributed by atoms with E-state index in [9.17, 15) is 0 Å². The Morgan fingerprint density at radius 1 is 1.35 bits per heavy atom. The molecule has 2 aromatic rings. The van der Waals surface area contributed by atoms with Crippen molar-refractivity contribution in [2.24, 2.45) is 0 Å². The van der Waals surface area contributed by atoms with Gasteiger partial charge in [0.1, 0.15) is 0 Å². The first-order chi connectivity index (χ1) is 9.86. The minimum atomic E-state index is 0.163. The summed E-state index contributed by atoms with van der Waals surface area (Å²) in [7, 11) is 1.95. The molecule has 0 bridgehead atoms. The molecule has 1 fully saturated rings. The summed E-state index contributed by atoms with van der Waals surface area (Å²) in [6, 6.07) is 2.89. The molecular formula is C15H21N5. The maximum absolute atomic E-state index is 4.73. The smallest absolute Gasteiger partial charge is 0.0759 e. The summed E-state index contributed by atoms with van der Waals surface area (Å²) in [5.41, 5.74) is 2.08. The number of nitrogens with one attached hydrogen (secondary N) is 1. The molecule has 0 aromatic carbocycles. The normalized spacial score (nSPS) is 17.4.